The van der Waals surface area contributed by atoms with Crippen LogP contribution in [0, 0.1) is 0 Å². The fourth-order valence-electron chi connectivity index (χ4n) is 3.06. The van der Waals surface area contributed by atoms with Crippen LogP contribution in [-0.2, 0) is 16.4 Å². The number of ether oxygens (including phenoxy) is 1. The number of anilines is 1. The van der Waals surface area contributed by atoms with Crippen LogP contribution in [-0.4, -0.2) is 27.5 Å². The number of para-hydroxylation sites is 1. The van der Waals surface area contributed by atoms with Crippen LogP contribution in [0.15, 0.2) is 47.4 Å². The zero-order chi connectivity index (χ0) is 17.5. The first kappa shape index (κ1) is 16.3. The van der Waals surface area contributed by atoms with Crippen molar-refractivity contribution in [3.05, 3.63) is 53.6 Å². The number of carbonyl (C=O) groups is 1. The second-order valence-electron chi connectivity index (χ2n) is 5.71. The van der Waals surface area contributed by atoms with E-state index in [2.05, 4.69) is 0 Å². The lowest BCUT2D eigenvalue weighted by Crippen LogP contribution is -2.35. The zero-order valence-corrected chi connectivity index (χ0v) is 14.2. The minimum Gasteiger partial charge on any atom is -0.496 e. The third kappa shape index (κ3) is 2.50. The molecule has 6 nitrogen and oxygen atoms in total. The molecule has 1 aliphatic heterocycles. The van der Waals surface area contributed by atoms with Crippen molar-refractivity contribution >= 4 is 21.6 Å². The number of benzene rings is 2. The Hall–Kier alpha value is -2.54. The SMILES string of the molecule is COc1ccc(S(=O)(=O)N2c3ccccc3C[C@@H]2C)cc1C(N)=O. The summed E-state index contributed by atoms with van der Waals surface area (Å²) in [7, 11) is -2.41. The summed E-state index contributed by atoms with van der Waals surface area (Å²) in [6.07, 6.45) is 0.647. The minimum absolute atomic E-state index is 0.0145. The molecule has 0 saturated carbocycles. The monoisotopic (exact) mass is 346 g/mol. The highest BCUT2D eigenvalue weighted by atomic mass is 32.2. The van der Waals surface area contributed by atoms with Crippen molar-refractivity contribution in [2.75, 3.05) is 11.4 Å². The van der Waals surface area contributed by atoms with E-state index in [1.54, 1.807) is 6.07 Å². The first-order chi connectivity index (χ1) is 11.4. The van der Waals surface area contributed by atoms with Gasteiger partial charge in [0.1, 0.15) is 5.75 Å². The zero-order valence-electron chi connectivity index (χ0n) is 13.4. The molecular weight excluding hydrogens is 328 g/mol. The fourth-order valence-corrected chi connectivity index (χ4v) is 4.78. The van der Waals surface area contributed by atoms with Gasteiger partial charge in [-0.3, -0.25) is 9.10 Å². The van der Waals surface area contributed by atoms with Gasteiger partial charge in [-0.15, -0.1) is 0 Å². The normalized spacial score (nSPS) is 16.8. The van der Waals surface area contributed by atoms with Crippen LogP contribution in [0.2, 0.25) is 0 Å². The molecule has 0 aromatic heterocycles. The molecule has 7 heteroatoms. The van der Waals surface area contributed by atoms with E-state index in [1.807, 2.05) is 25.1 Å². The Bertz CT molecular complexity index is 909. The molecule has 3 rings (SSSR count). The lowest BCUT2D eigenvalue weighted by Gasteiger charge is -2.24. The third-order valence-electron chi connectivity index (χ3n) is 4.14. The average molecular weight is 346 g/mol. The molecule has 0 fully saturated rings. The van der Waals surface area contributed by atoms with Crippen LogP contribution in [0.4, 0.5) is 5.69 Å². The molecule has 0 aliphatic carbocycles. The highest BCUT2D eigenvalue weighted by Crippen LogP contribution is 2.37. The van der Waals surface area contributed by atoms with Crippen molar-refractivity contribution in [3.63, 3.8) is 0 Å². The van der Waals surface area contributed by atoms with Gasteiger partial charge in [0.15, 0.2) is 0 Å². The summed E-state index contributed by atoms with van der Waals surface area (Å²) in [6, 6.07) is 11.3. The molecular formula is C17H18N2O4S. The van der Waals surface area contributed by atoms with Crippen LogP contribution < -0.4 is 14.8 Å². The standard InChI is InChI=1S/C17H18N2O4S/c1-11-9-12-5-3-4-6-15(12)19(11)24(21,22)13-7-8-16(23-2)14(10-13)17(18)20/h3-8,10-11H,9H2,1-2H3,(H2,18,20)/t11-/m0/s1. The highest BCUT2D eigenvalue weighted by Gasteiger charge is 2.36. The van der Waals surface area contributed by atoms with E-state index < -0.39 is 15.9 Å². The van der Waals surface area contributed by atoms with Gasteiger partial charge in [0.05, 0.1) is 23.3 Å². The number of nitrogens with two attached hydrogens (primary N) is 1. The Kier molecular flexibility index (Phi) is 3.96. The molecule has 1 heterocycles. The first-order valence-corrected chi connectivity index (χ1v) is 8.90. The van der Waals surface area contributed by atoms with E-state index >= 15 is 0 Å². The van der Waals surface area contributed by atoms with Crippen molar-refractivity contribution in [3.8, 4) is 5.75 Å². The number of nitrogens with zero attached hydrogens (tertiary/aromatic N) is 1. The Labute approximate surface area is 140 Å². The number of rotatable bonds is 4. The van der Waals surface area contributed by atoms with E-state index in [0.717, 1.165) is 5.56 Å². The van der Waals surface area contributed by atoms with Gasteiger partial charge in [-0.1, -0.05) is 18.2 Å². The van der Waals surface area contributed by atoms with Gasteiger partial charge < -0.3 is 10.5 Å². The molecule has 126 valence electrons. The largest absolute Gasteiger partial charge is 0.496 e. The summed E-state index contributed by atoms with van der Waals surface area (Å²) in [5.74, 6) is -0.491. The van der Waals surface area contributed by atoms with E-state index in [4.69, 9.17) is 10.5 Å². The van der Waals surface area contributed by atoms with Crippen molar-refractivity contribution in [2.24, 2.45) is 5.73 Å². The van der Waals surface area contributed by atoms with Crippen molar-refractivity contribution < 1.29 is 17.9 Å². The number of hydrogen-bond acceptors (Lipinski definition) is 4. The second-order valence-corrected chi connectivity index (χ2v) is 7.52. The molecule has 0 radical (unpaired) electrons. The van der Waals surface area contributed by atoms with Gasteiger partial charge in [0.2, 0.25) is 0 Å². The Morgan fingerprint density at radius 3 is 2.62 bits per heavy atom. The number of methoxy groups -OCH3 is 1. The summed E-state index contributed by atoms with van der Waals surface area (Å²) in [4.78, 5) is 11.6. The van der Waals surface area contributed by atoms with Crippen LogP contribution >= 0.6 is 0 Å². The van der Waals surface area contributed by atoms with Crippen molar-refractivity contribution in [1.29, 1.82) is 0 Å². The van der Waals surface area contributed by atoms with Gasteiger partial charge >= 0.3 is 0 Å². The Morgan fingerprint density at radius 2 is 1.96 bits per heavy atom. The van der Waals surface area contributed by atoms with E-state index in [0.29, 0.717) is 12.1 Å². The number of amides is 1. The quantitative estimate of drug-likeness (QED) is 0.916. The van der Waals surface area contributed by atoms with Gasteiger partial charge in [-0.05, 0) is 43.2 Å². The molecule has 2 N–H and O–H groups in total. The van der Waals surface area contributed by atoms with Crippen molar-refractivity contribution in [1.82, 2.24) is 0 Å². The molecule has 2 aromatic rings. The molecule has 24 heavy (non-hydrogen) atoms. The molecule has 0 unspecified atom stereocenters. The smallest absolute Gasteiger partial charge is 0.264 e. The Morgan fingerprint density at radius 1 is 1.25 bits per heavy atom. The second kappa shape index (κ2) is 5.83. The summed E-state index contributed by atoms with van der Waals surface area (Å²) in [5, 5.41) is 0. The first-order valence-electron chi connectivity index (χ1n) is 7.46. The maximum atomic E-state index is 13.1. The summed E-state index contributed by atoms with van der Waals surface area (Å²) in [6.45, 7) is 1.86. The van der Waals surface area contributed by atoms with Crippen LogP contribution in [0.25, 0.3) is 0 Å². The molecule has 0 saturated heterocycles. The molecule has 0 bridgehead atoms. The minimum atomic E-state index is -3.81. The van der Waals surface area contributed by atoms with Gasteiger partial charge in [-0.25, -0.2) is 8.42 Å². The van der Waals surface area contributed by atoms with Crippen LogP contribution in [0.5, 0.6) is 5.75 Å². The maximum absolute atomic E-state index is 13.1. The van der Waals surface area contributed by atoms with Crippen LogP contribution in [0.1, 0.15) is 22.8 Å². The lowest BCUT2D eigenvalue weighted by molar-refractivity contribution is 0.0997. The fraction of sp³-hybridized carbons (Fsp3) is 0.235. The molecule has 0 spiro atoms. The summed E-state index contributed by atoms with van der Waals surface area (Å²) >= 11 is 0. The maximum Gasteiger partial charge on any atom is 0.264 e. The number of sulfonamides is 1. The topological polar surface area (TPSA) is 89.7 Å². The van der Waals surface area contributed by atoms with Crippen molar-refractivity contribution in [2.45, 2.75) is 24.3 Å². The molecule has 2 aromatic carbocycles. The molecule has 1 aliphatic rings. The predicted octanol–water partition coefficient (Wildman–Crippen LogP) is 1.93. The van der Waals surface area contributed by atoms with E-state index in [9.17, 15) is 13.2 Å². The number of fused-ring (bicyclic) bond motifs is 1. The summed E-state index contributed by atoms with van der Waals surface area (Å²) < 4.78 is 32.7. The summed E-state index contributed by atoms with van der Waals surface area (Å²) in [5.41, 5.74) is 7.02. The number of hydrogen-bond donors (Lipinski definition) is 1. The molecule has 1 atom stereocenters. The van der Waals surface area contributed by atoms with Crippen LogP contribution in [0.3, 0.4) is 0 Å². The Balaban J connectivity index is 2.12. The molecule has 1 amide bonds. The van der Waals surface area contributed by atoms with Gasteiger partial charge in [0.25, 0.3) is 15.9 Å². The lowest BCUT2D eigenvalue weighted by atomic mass is 10.1. The predicted molar refractivity (Wildman–Crippen MR) is 90.8 cm³/mol. The highest BCUT2D eigenvalue weighted by molar-refractivity contribution is 7.92. The van der Waals surface area contributed by atoms with E-state index in [-0.39, 0.29) is 22.3 Å². The van der Waals surface area contributed by atoms with Gasteiger partial charge in [-0.2, -0.15) is 0 Å². The van der Waals surface area contributed by atoms with Gasteiger partial charge in [0, 0.05) is 6.04 Å². The number of primary amides is 1. The van der Waals surface area contributed by atoms with E-state index in [1.165, 1.54) is 29.6 Å². The number of carbonyl (C=O) groups excluding carboxylic acids is 1. The average Bonchev–Trinajstić information content (AvgIpc) is 2.90. The third-order valence-corrected chi connectivity index (χ3v) is 6.06.